The summed E-state index contributed by atoms with van der Waals surface area (Å²) in [4.78, 5) is 21.7. The Labute approximate surface area is 91.1 Å². The van der Waals surface area contributed by atoms with Crippen LogP contribution in [0.3, 0.4) is 0 Å². The third-order valence-corrected chi connectivity index (χ3v) is 1.71. The summed E-state index contributed by atoms with van der Waals surface area (Å²) in [6, 6.07) is 7.11. The van der Waals surface area contributed by atoms with Crippen LogP contribution >= 0.6 is 0 Å². The topological polar surface area (TPSA) is 98.7 Å². The Kier molecular flexibility index (Phi) is 4.19. The monoisotopic (exact) mass is 221 g/mol. The van der Waals surface area contributed by atoms with Gasteiger partial charge < -0.3 is 0 Å². The molecule has 0 heterocycles. The van der Waals surface area contributed by atoms with Crippen LogP contribution in [0.5, 0.6) is 0 Å². The summed E-state index contributed by atoms with van der Waals surface area (Å²) in [6.07, 6.45) is 2.44. The van der Waals surface area contributed by atoms with Crippen molar-refractivity contribution in [1.82, 2.24) is 11.0 Å². The highest BCUT2D eigenvalue weighted by atomic mass is 16.5. The lowest BCUT2D eigenvalue weighted by molar-refractivity contribution is -0.124. The standard InChI is InChI=1S/C10H9N2O4/c13-9(11-15)5-4-7-2-1-3-8(6-7)10(14)12-16/h1,3-6,15-16H,(H,11,13)(H,12,14)/b5-4+. The van der Waals surface area contributed by atoms with E-state index in [0.29, 0.717) is 5.56 Å². The maximum atomic E-state index is 11.0. The second kappa shape index (κ2) is 5.64. The van der Waals surface area contributed by atoms with Gasteiger partial charge in [-0.1, -0.05) is 6.07 Å². The minimum Gasteiger partial charge on any atom is -0.288 e. The first-order valence-corrected chi connectivity index (χ1v) is 4.25. The van der Waals surface area contributed by atoms with Crippen molar-refractivity contribution in [3.63, 3.8) is 0 Å². The molecule has 0 aliphatic heterocycles. The van der Waals surface area contributed by atoms with E-state index in [-0.39, 0.29) is 5.56 Å². The fourth-order valence-corrected chi connectivity index (χ4v) is 0.990. The highest BCUT2D eigenvalue weighted by molar-refractivity contribution is 5.94. The summed E-state index contributed by atoms with van der Waals surface area (Å²) in [5, 5.41) is 16.6. The van der Waals surface area contributed by atoms with Gasteiger partial charge in [-0.2, -0.15) is 0 Å². The van der Waals surface area contributed by atoms with Gasteiger partial charge in [0.1, 0.15) is 0 Å². The van der Waals surface area contributed by atoms with E-state index in [0.717, 1.165) is 6.08 Å². The molecule has 16 heavy (non-hydrogen) atoms. The molecule has 1 rings (SSSR count). The predicted molar refractivity (Wildman–Crippen MR) is 53.5 cm³/mol. The first kappa shape index (κ1) is 11.9. The van der Waals surface area contributed by atoms with Crippen LogP contribution in [0.2, 0.25) is 0 Å². The number of amides is 2. The third kappa shape index (κ3) is 3.19. The highest BCUT2D eigenvalue weighted by Gasteiger charge is 2.03. The Morgan fingerprint density at radius 3 is 2.69 bits per heavy atom. The van der Waals surface area contributed by atoms with Crippen LogP contribution in [0.1, 0.15) is 15.9 Å². The number of carbonyl (C=O) groups is 2. The Hall–Kier alpha value is -2.18. The largest absolute Gasteiger partial charge is 0.288 e. The molecule has 0 saturated carbocycles. The molecule has 0 saturated heterocycles. The van der Waals surface area contributed by atoms with E-state index in [2.05, 4.69) is 6.07 Å². The summed E-state index contributed by atoms with van der Waals surface area (Å²) in [7, 11) is 0. The minimum atomic E-state index is -0.689. The number of hydrogen-bond acceptors (Lipinski definition) is 4. The number of carbonyl (C=O) groups excluding carboxylic acids is 2. The highest BCUT2D eigenvalue weighted by Crippen LogP contribution is 2.06. The van der Waals surface area contributed by atoms with Crippen LogP contribution in [0.4, 0.5) is 0 Å². The van der Waals surface area contributed by atoms with E-state index in [1.165, 1.54) is 35.2 Å². The number of rotatable bonds is 3. The van der Waals surface area contributed by atoms with E-state index >= 15 is 0 Å². The molecule has 4 N–H and O–H groups in total. The van der Waals surface area contributed by atoms with E-state index in [9.17, 15) is 9.59 Å². The van der Waals surface area contributed by atoms with E-state index in [1.54, 1.807) is 0 Å². The average molecular weight is 221 g/mol. The van der Waals surface area contributed by atoms with Crippen molar-refractivity contribution in [2.24, 2.45) is 0 Å². The van der Waals surface area contributed by atoms with Crippen LogP contribution in [0.15, 0.2) is 24.3 Å². The molecule has 0 atom stereocenters. The van der Waals surface area contributed by atoms with Crippen molar-refractivity contribution in [1.29, 1.82) is 0 Å². The lowest BCUT2D eigenvalue weighted by atomic mass is 10.1. The molecule has 6 nitrogen and oxygen atoms in total. The average Bonchev–Trinajstić information content (AvgIpc) is 2.35. The quantitative estimate of drug-likeness (QED) is 0.331. The van der Waals surface area contributed by atoms with Gasteiger partial charge in [0.2, 0.25) is 0 Å². The number of hydroxylamine groups is 2. The van der Waals surface area contributed by atoms with Gasteiger partial charge in [0.05, 0.1) is 0 Å². The molecule has 1 aromatic carbocycles. The molecule has 2 amide bonds. The Bertz CT molecular complexity index is 429. The molecule has 6 heteroatoms. The molecule has 83 valence electrons. The zero-order valence-electron chi connectivity index (χ0n) is 8.10. The van der Waals surface area contributed by atoms with Gasteiger partial charge in [0.25, 0.3) is 11.8 Å². The normalized spacial score (nSPS) is 10.1. The Balaban J connectivity index is 2.86. The van der Waals surface area contributed by atoms with E-state index in [4.69, 9.17) is 10.4 Å². The molecular formula is C10H9N2O4. The van der Waals surface area contributed by atoms with Crippen LogP contribution in [0, 0.1) is 6.07 Å². The van der Waals surface area contributed by atoms with Gasteiger partial charge >= 0.3 is 0 Å². The second-order valence-corrected chi connectivity index (χ2v) is 2.78. The Morgan fingerprint density at radius 1 is 1.31 bits per heavy atom. The lowest BCUT2D eigenvalue weighted by Crippen LogP contribution is -2.18. The van der Waals surface area contributed by atoms with Crippen molar-refractivity contribution in [2.45, 2.75) is 0 Å². The molecule has 0 fully saturated rings. The molecule has 0 spiro atoms. The smallest absolute Gasteiger partial charge is 0.274 e. The van der Waals surface area contributed by atoms with Crippen molar-refractivity contribution >= 4 is 17.9 Å². The number of hydrogen-bond donors (Lipinski definition) is 4. The molecule has 1 aromatic rings. The fourth-order valence-electron chi connectivity index (χ4n) is 0.990. The van der Waals surface area contributed by atoms with Crippen LogP contribution < -0.4 is 11.0 Å². The van der Waals surface area contributed by atoms with Gasteiger partial charge in [-0.15, -0.1) is 0 Å². The molecule has 0 aliphatic carbocycles. The first-order chi connectivity index (χ1) is 7.67. The lowest BCUT2D eigenvalue weighted by Gasteiger charge is -1.99. The van der Waals surface area contributed by atoms with Crippen molar-refractivity contribution in [2.75, 3.05) is 0 Å². The predicted octanol–water partition coefficient (Wildman–Crippen LogP) is 0.124. The fraction of sp³-hybridized carbons (Fsp3) is 0. The summed E-state index contributed by atoms with van der Waals surface area (Å²) in [5.41, 5.74) is 3.60. The van der Waals surface area contributed by atoms with Crippen molar-refractivity contribution in [3.8, 4) is 0 Å². The molecule has 0 aromatic heterocycles. The first-order valence-electron chi connectivity index (χ1n) is 4.25. The molecule has 0 aliphatic rings. The van der Waals surface area contributed by atoms with Crippen LogP contribution in [-0.4, -0.2) is 22.2 Å². The number of benzene rings is 1. The zero-order chi connectivity index (χ0) is 12.0. The van der Waals surface area contributed by atoms with E-state index < -0.39 is 11.8 Å². The maximum absolute atomic E-state index is 11.0. The zero-order valence-corrected chi connectivity index (χ0v) is 8.10. The molecule has 0 unspecified atom stereocenters. The number of nitrogens with one attached hydrogen (secondary N) is 2. The molecule has 0 bridgehead atoms. The second-order valence-electron chi connectivity index (χ2n) is 2.78. The van der Waals surface area contributed by atoms with Crippen molar-refractivity contribution in [3.05, 3.63) is 41.5 Å². The third-order valence-electron chi connectivity index (χ3n) is 1.71. The summed E-state index contributed by atoms with van der Waals surface area (Å²) < 4.78 is 0. The van der Waals surface area contributed by atoms with Gasteiger partial charge in [-0.05, 0) is 29.8 Å². The van der Waals surface area contributed by atoms with Gasteiger partial charge in [-0.3, -0.25) is 20.0 Å². The molecular weight excluding hydrogens is 212 g/mol. The summed E-state index contributed by atoms with van der Waals surface area (Å²) in [6.45, 7) is 0. The maximum Gasteiger partial charge on any atom is 0.274 e. The van der Waals surface area contributed by atoms with Gasteiger partial charge in [0, 0.05) is 11.6 Å². The SMILES string of the molecule is O=C(/C=C/c1[c]ccc(C(=O)NO)c1)NO. The van der Waals surface area contributed by atoms with Crippen molar-refractivity contribution < 1.29 is 20.0 Å². The minimum absolute atomic E-state index is 0.227. The summed E-state index contributed by atoms with van der Waals surface area (Å²) >= 11 is 0. The Morgan fingerprint density at radius 2 is 2.06 bits per heavy atom. The van der Waals surface area contributed by atoms with E-state index in [1.807, 2.05) is 0 Å². The molecule has 1 radical (unpaired) electrons. The van der Waals surface area contributed by atoms with Gasteiger partial charge in [-0.25, -0.2) is 11.0 Å². The van der Waals surface area contributed by atoms with Gasteiger partial charge in [0.15, 0.2) is 0 Å². The van der Waals surface area contributed by atoms with Crippen LogP contribution in [-0.2, 0) is 4.79 Å². The summed E-state index contributed by atoms with van der Waals surface area (Å²) in [5.74, 6) is -1.35. The van der Waals surface area contributed by atoms with Crippen LogP contribution in [0.25, 0.3) is 6.08 Å².